The number of carbonyl (C=O) groups is 1. The maximum atomic E-state index is 12.9. The van der Waals surface area contributed by atoms with Gasteiger partial charge in [-0.2, -0.15) is 0 Å². The Bertz CT molecular complexity index is 693. The number of methoxy groups -OCH3 is 1. The maximum Gasteiger partial charge on any atom is 0.141 e. The van der Waals surface area contributed by atoms with E-state index in [2.05, 4.69) is 11.8 Å². The third kappa shape index (κ3) is 3.31. The average Bonchev–Trinajstić information content (AvgIpc) is 2.56. The Morgan fingerprint density at radius 3 is 2.67 bits per heavy atom. The van der Waals surface area contributed by atoms with E-state index >= 15 is 0 Å². The van der Waals surface area contributed by atoms with Crippen molar-refractivity contribution in [3.05, 3.63) is 28.3 Å². The van der Waals surface area contributed by atoms with Crippen molar-refractivity contribution in [3.63, 3.8) is 0 Å². The molecular formula is C20H23ClO3. The van der Waals surface area contributed by atoms with Gasteiger partial charge in [-0.1, -0.05) is 17.5 Å². The van der Waals surface area contributed by atoms with Gasteiger partial charge in [0.15, 0.2) is 0 Å². The highest BCUT2D eigenvalue weighted by Gasteiger charge is 2.42. The lowest BCUT2D eigenvalue weighted by molar-refractivity contribution is -0.128. The van der Waals surface area contributed by atoms with Gasteiger partial charge < -0.3 is 9.47 Å². The number of carbonyl (C=O) groups excluding carboxylic acids is 1. The van der Waals surface area contributed by atoms with Crippen molar-refractivity contribution in [3.8, 4) is 17.6 Å². The first-order valence-corrected chi connectivity index (χ1v) is 8.87. The first-order valence-electron chi connectivity index (χ1n) is 8.49. The summed E-state index contributed by atoms with van der Waals surface area (Å²) in [4.78, 5) is 12.9. The summed E-state index contributed by atoms with van der Waals surface area (Å²) in [7, 11) is 1.62. The van der Waals surface area contributed by atoms with E-state index in [1.807, 2.05) is 12.1 Å². The Labute approximate surface area is 148 Å². The van der Waals surface area contributed by atoms with Crippen molar-refractivity contribution in [1.82, 2.24) is 0 Å². The summed E-state index contributed by atoms with van der Waals surface area (Å²) in [6, 6.07) is 3.71. The molecule has 1 aliphatic carbocycles. The molecule has 3 nitrogen and oxygen atoms in total. The fourth-order valence-electron chi connectivity index (χ4n) is 4.05. The summed E-state index contributed by atoms with van der Waals surface area (Å²) in [6.07, 6.45) is 4.47. The molecule has 2 aliphatic rings. The van der Waals surface area contributed by atoms with Crippen LogP contribution < -0.4 is 4.74 Å². The van der Waals surface area contributed by atoms with E-state index in [9.17, 15) is 4.79 Å². The first kappa shape index (κ1) is 17.3. The van der Waals surface area contributed by atoms with Gasteiger partial charge in [-0.25, -0.2) is 0 Å². The lowest BCUT2D eigenvalue weighted by Crippen LogP contribution is -2.37. The second kappa shape index (κ2) is 7.17. The zero-order valence-corrected chi connectivity index (χ0v) is 15.0. The van der Waals surface area contributed by atoms with Crippen LogP contribution in [0.4, 0.5) is 0 Å². The molecule has 3 rings (SSSR count). The molecule has 0 N–H and O–H groups in total. The Hall–Kier alpha value is -1.50. The maximum absolute atomic E-state index is 12.9. The Morgan fingerprint density at radius 2 is 2.04 bits per heavy atom. The van der Waals surface area contributed by atoms with Gasteiger partial charge in [0.05, 0.1) is 7.11 Å². The molecule has 1 saturated heterocycles. The van der Waals surface area contributed by atoms with Gasteiger partial charge in [0.25, 0.3) is 0 Å². The van der Waals surface area contributed by atoms with Crippen LogP contribution in [0.2, 0.25) is 5.02 Å². The molecule has 24 heavy (non-hydrogen) atoms. The standard InChI is InChI=1S/C20H23ClO3/c1-3-4-14-11-16(21)19(18(12-14)23-2)15-5-6-20(13-17(15)22)7-9-24-10-8-20/h11-12,15H,5-10,13H2,1-2H3. The molecule has 1 unspecified atom stereocenters. The largest absolute Gasteiger partial charge is 0.496 e. The van der Waals surface area contributed by atoms with E-state index in [1.165, 1.54) is 0 Å². The van der Waals surface area contributed by atoms with Crippen LogP contribution in [0, 0.1) is 17.3 Å². The topological polar surface area (TPSA) is 35.5 Å². The molecule has 1 heterocycles. The molecule has 1 atom stereocenters. The fraction of sp³-hybridized carbons (Fsp3) is 0.550. The van der Waals surface area contributed by atoms with Gasteiger partial charge in [0, 0.05) is 41.7 Å². The number of Topliss-reactive ketones (excluding diaryl/α,β-unsaturated/α-hetero) is 1. The van der Waals surface area contributed by atoms with E-state index in [0.29, 0.717) is 17.2 Å². The minimum absolute atomic E-state index is 0.138. The quantitative estimate of drug-likeness (QED) is 0.747. The number of hydrogen-bond donors (Lipinski definition) is 0. The zero-order chi connectivity index (χ0) is 17.2. The van der Waals surface area contributed by atoms with E-state index in [-0.39, 0.29) is 17.1 Å². The molecule has 0 aromatic heterocycles. The monoisotopic (exact) mass is 346 g/mol. The third-order valence-corrected chi connectivity index (χ3v) is 5.70. The number of benzene rings is 1. The zero-order valence-electron chi connectivity index (χ0n) is 14.3. The third-order valence-electron chi connectivity index (χ3n) is 5.38. The Balaban J connectivity index is 1.89. The van der Waals surface area contributed by atoms with Crippen molar-refractivity contribution in [2.75, 3.05) is 20.3 Å². The summed E-state index contributed by atoms with van der Waals surface area (Å²) >= 11 is 6.50. The fourth-order valence-corrected chi connectivity index (χ4v) is 4.39. The van der Waals surface area contributed by atoms with Crippen LogP contribution >= 0.6 is 11.6 Å². The second-order valence-electron chi connectivity index (χ2n) is 6.80. The molecule has 1 aromatic rings. The molecule has 4 heteroatoms. The van der Waals surface area contributed by atoms with Crippen molar-refractivity contribution < 1.29 is 14.3 Å². The molecule has 1 spiro atoms. The van der Waals surface area contributed by atoms with Gasteiger partial charge in [0.2, 0.25) is 0 Å². The van der Waals surface area contributed by atoms with E-state index < -0.39 is 0 Å². The predicted octanol–water partition coefficient (Wildman–Crippen LogP) is 4.35. The number of halogens is 1. The van der Waals surface area contributed by atoms with Gasteiger partial charge in [-0.15, -0.1) is 5.92 Å². The van der Waals surface area contributed by atoms with Crippen LogP contribution in [-0.2, 0) is 9.53 Å². The van der Waals surface area contributed by atoms with Crippen LogP contribution in [0.5, 0.6) is 5.75 Å². The van der Waals surface area contributed by atoms with Gasteiger partial charge in [-0.05, 0) is 50.2 Å². The van der Waals surface area contributed by atoms with Crippen LogP contribution in [0.3, 0.4) is 0 Å². The van der Waals surface area contributed by atoms with Crippen LogP contribution in [-0.4, -0.2) is 26.1 Å². The molecule has 0 bridgehead atoms. The minimum Gasteiger partial charge on any atom is -0.496 e. The van der Waals surface area contributed by atoms with Gasteiger partial charge in [-0.3, -0.25) is 4.79 Å². The SMILES string of the molecule is CC#Cc1cc(Cl)c(C2CCC3(CCOCC3)CC2=O)c(OC)c1. The molecular weight excluding hydrogens is 324 g/mol. The van der Waals surface area contributed by atoms with E-state index in [0.717, 1.165) is 50.0 Å². The minimum atomic E-state index is -0.176. The Kier molecular flexibility index (Phi) is 5.18. The van der Waals surface area contributed by atoms with E-state index in [1.54, 1.807) is 14.0 Å². The van der Waals surface area contributed by atoms with Crippen LogP contribution in [0.25, 0.3) is 0 Å². The summed E-state index contributed by atoms with van der Waals surface area (Å²) in [5.74, 6) is 6.63. The smallest absolute Gasteiger partial charge is 0.141 e. The number of hydrogen-bond acceptors (Lipinski definition) is 3. The summed E-state index contributed by atoms with van der Waals surface area (Å²) < 4.78 is 11.0. The summed E-state index contributed by atoms with van der Waals surface area (Å²) in [6.45, 7) is 3.32. The van der Waals surface area contributed by atoms with Crippen molar-refractivity contribution >= 4 is 17.4 Å². The predicted molar refractivity (Wildman–Crippen MR) is 94.6 cm³/mol. The first-order chi connectivity index (χ1) is 11.6. The summed E-state index contributed by atoms with van der Waals surface area (Å²) in [5, 5.41) is 0.577. The molecule has 1 aliphatic heterocycles. The van der Waals surface area contributed by atoms with E-state index in [4.69, 9.17) is 21.1 Å². The normalized spacial score (nSPS) is 22.8. The number of ketones is 1. The molecule has 2 fully saturated rings. The lowest BCUT2D eigenvalue weighted by atomic mass is 9.64. The lowest BCUT2D eigenvalue weighted by Gasteiger charge is -2.42. The van der Waals surface area contributed by atoms with Gasteiger partial charge >= 0.3 is 0 Å². The Morgan fingerprint density at radius 1 is 1.29 bits per heavy atom. The van der Waals surface area contributed by atoms with Crippen LogP contribution in [0.15, 0.2) is 12.1 Å². The molecule has 128 valence electrons. The van der Waals surface area contributed by atoms with Crippen molar-refractivity contribution in [2.45, 2.75) is 44.9 Å². The molecule has 0 radical (unpaired) electrons. The summed E-state index contributed by atoms with van der Waals surface area (Å²) in [5.41, 5.74) is 1.78. The molecule has 0 amide bonds. The number of rotatable bonds is 2. The average molecular weight is 347 g/mol. The van der Waals surface area contributed by atoms with Gasteiger partial charge in [0.1, 0.15) is 11.5 Å². The molecule has 1 aromatic carbocycles. The highest BCUT2D eigenvalue weighted by atomic mass is 35.5. The highest BCUT2D eigenvalue weighted by molar-refractivity contribution is 6.32. The highest BCUT2D eigenvalue weighted by Crippen LogP contribution is 2.49. The van der Waals surface area contributed by atoms with Crippen LogP contribution in [0.1, 0.15) is 56.1 Å². The molecule has 1 saturated carbocycles. The van der Waals surface area contributed by atoms with Crippen molar-refractivity contribution in [2.24, 2.45) is 5.41 Å². The second-order valence-corrected chi connectivity index (χ2v) is 7.20. The number of ether oxygens (including phenoxy) is 2. The van der Waals surface area contributed by atoms with Crippen molar-refractivity contribution in [1.29, 1.82) is 0 Å².